The minimum atomic E-state index is -3.83. The third kappa shape index (κ3) is 5.28. The van der Waals surface area contributed by atoms with Crippen LogP contribution in [0.4, 0.5) is 10.1 Å². The van der Waals surface area contributed by atoms with Crippen molar-refractivity contribution in [3.8, 4) is 0 Å². The molecule has 3 aliphatic rings. The Kier molecular flexibility index (Phi) is 7.21. The Bertz CT molecular complexity index is 1390. The fourth-order valence-electron chi connectivity index (χ4n) is 5.62. The zero-order valence-corrected chi connectivity index (χ0v) is 23.6. The zero-order chi connectivity index (χ0) is 28.1. The van der Waals surface area contributed by atoms with Gasteiger partial charge in [0.2, 0.25) is 21.8 Å². The number of rotatable bonds is 8. The monoisotopic (exact) mass is 560 g/mol. The Labute approximate surface area is 228 Å². The second-order valence-corrected chi connectivity index (χ2v) is 13.2. The van der Waals surface area contributed by atoms with Crippen LogP contribution in [0.25, 0.3) is 10.9 Å². The highest BCUT2D eigenvalue weighted by Gasteiger charge is 2.42. The summed E-state index contributed by atoms with van der Waals surface area (Å²) in [7, 11) is -3.83. The van der Waals surface area contributed by atoms with E-state index in [0.717, 1.165) is 23.9 Å². The van der Waals surface area contributed by atoms with Gasteiger partial charge in [0, 0.05) is 55.3 Å². The van der Waals surface area contributed by atoms with Crippen LogP contribution in [0, 0.1) is 5.92 Å². The Morgan fingerprint density at radius 2 is 1.92 bits per heavy atom. The summed E-state index contributed by atoms with van der Waals surface area (Å²) in [6.07, 6.45) is 4.83. The van der Waals surface area contributed by atoms with E-state index in [0.29, 0.717) is 38.1 Å². The first kappa shape index (κ1) is 27.6. The van der Waals surface area contributed by atoms with Crippen LogP contribution in [0.15, 0.2) is 35.9 Å². The molecule has 1 saturated carbocycles. The summed E-state index contributed by atoms with van der Waals surface area (Å²) >= 11 is 0. The first-order valence-electron chi connectivity index (χ1n) is 13.5. The van der Waals surface area contributed by atoms with Gasteiger partial charge in [-0.3, -0.25) is 14.3 Å². The van der Waals surface area contributed by atoms with Gasteiger partial charge in [-0.1, -0.05) is 20.4 Å². The number of nitrogens with one attached hydrogen (secondary N) is 1. The van der Waals surface area contributed by atoms with Crippen LogP contribution in [0.2, 0.25) is 0 Å². The summed E-state index contributed by atoms with van der Waals surface area (Å²) in [6.45, 7) is 11.0. The molecule has 3 fully saturated rings. The number of nitrogens with zero attached hydrogens (tertiary/aromatic N) is 5. The van der Waals surface area contributed by atoms with E-state index in [1.54, 1.807) is 23.0 Å². The molecule has 2 amide bonds. The van der Waals surface area contributed by atoms with Gasteiger partial charge in [-0.05, 0) is 44.4 Å². The molecule has 1 aliphatic carbocycles. The van der Waals surface area contributed by atoms with Crippen LogP contribution in [-0.4, -0.2) is 90.8 Å². The number of hydrogen-bond donors (Lipinski definition) is 1. The van der Waals surface area contributed by atoms with Crippen LogP contribution in [0.3, 0.4) is 0 Å². The SMILES string of the molecule is C=CC(=O)N1C[C@H](n2ncc3c(N4CCN(C(=O)C(C)C)CC4)cc(S(=O)(=O)NC4(C)CC4)cc32)C[C@@H]1CF. The van der Waals surface area contributed by atoms with Gasteiger partial charge in [0.1, 0.15) is 6.67 Å². The number of sulfonamides is 1. The molecule has 10 nitrogen and oxygen atoms in total. The van der Waals surface area contributed by atoms with Gasteiger partial charge in [0.05, 0.1) is 28.7 Å². The fourth-order valence-corrected chi connectivity index (χ4v) is 7.12. The van der Waals surface area contributed by atoms with Crippen molar-refractivity contribution in [1.82, 2.24) is 24.3 Å². The van der Waals surface area contributed by atoms with E-state index in [4.69, 9.17) is 0 Å². The molecule has 0 unspecified atom stereocenters. The van der Waals surface area contributed by atoms with Gasteiger partial charge >= 0.3 is 0 Å². The van der Waals surface area contributed by atoms with Crippen LogP contribution in [0.1, 0.15) is 46.1 Å². The Morgan fingerprint density at radius 3 is 2.51 bits per heavy atom. The molecule has 0 radical (unpaired) electrons. The second kappa shape index (κ2) is 10.2. The summed E-state index contributed by atoms with van der Waals surface area (Å²) in [5.41, 5.74) is 0.906. The molecule has 3 heterocycles. The highest BCUT2D eigenvalue weighted by Crippen LogP contribution is 2.39. The van der Waals surface area contributed by atoms with E-state index in [1.165, 1.54) is 11.0 Å². The van der Waals surface area contributed by atoms with Gasteiger partial charge in [0.15, 0.2) is 0 Å². The van der Waals surface area contributed by atoms with Crippen LogP contribution in [-0.2, 0) is 19.6 Å². The molecule has 0 spiro atoms. The number of fused-ring (bicyclic) bond motifs is 1. The Hall–Kier alpha value is -2.99. The van der Waals surface area contributed by atoms with Crippen molar-refractivity contribution in [3.63, 3.8) is 0 Å². The van der Waals surface area contributed by atoms with Crippen molar-refractivity contribution in [2.24, 2.45) is 5.92 Å². The van der Waals surface area contributed by atoms with Gasteiger partial charge in [-0.25, -0.2) is 17.5 Å². The van der Waals surface area contributed by atoms with Crippen molar-refractivity contribution in [1.29, 1.82) is 0 Å². The average Bonchev–Trinajstić information content (AvgIpc) is 3.30. The molecule has 1 N–H and O–H groups in total. The summed E-state index contributed by atoms with van der Waals surface area (Å²) in [5, 5.41) is 5.40. The number of amides is 2. The molecule has 12 heteroatoms. The van der Waals surface area contributed by atoms with Crippen LogP contribution in [0.5, 0.6) is 0 Å². The molecular formula is C27H37FN6O4S. The molecule has 2 saturated heterocycles. The maximum atomic E-state index is 13.8. The molecule has 2 atom stereocenters. The number of carbonyl (C=O) groups excluding carboxylic acids is 2. The number of anilines is 1. The average molecular weight is 561 g/mol. The molecule has 2 aliphatic heterocycles. The van der Waals surface area contributed by atoms with Gasteiger partial charge in [-0.15, -0.1) is 0 Å². The molecule has 1 aromatic heterocycles. The van der Waals surface area contributed by atoms with E-state index < -0.39 is 28.3 Å². The van der Waals surface area contributed by atoms with E-state index in [9.17, 15) is 22.4 Å². The molecular weight excluding hydrogens is 523 g/mol. The Morgan fingerprint density at radius 1 is 1.23 bits per heavy atom. The predicted octanol–water partition coefficient (Wildman–Crippen LogP) is 2.47. The lowest BCUT2D eigenvalue weighted by atomic mass is 10.1. The van der Waals surface area contributed by atoms with Crippen molar-refractivity contribution < 1.29 is 22.4 Å². The minimum absolute atomic E-state index is 0.0862. The number of piperazine rings is 1. The lowest BCUT2D eigenvalue weighted by Gasteiger charge is -2.37. The van der Waals surface area contributed by atoms with Gasteiger partial charge in [0.25, 0.3) is 0 Å². The normalized spacial score (nSPS) is 23.1. The van der Waals surface area contributed by atoms with Crippen molar-refractivity contribution in [2.45, 2.75) is 62.6 Å². The summed E-state index contributed by atoms with van der Waals surface area (Å²) in [5.74, 6) is -0.318. The number of hydrogen-bond acceptors (Lipinski definition) is 6. The highest BCUT2D eigenvalue weighted by atomic mass is 32.2. The Balaban J connectivity index is 1.53. The minimum Gasteiger partial charge on any atom is -0.367 e. The quantitative estimate of drug-likeness (QED) is 0.497. The van der Waals surface area contributed by atoms with E-state index in [-0.39, 0.29) is 35.2 Å². The third-order valence-corrected chi connectivity index (χ3v) is 9.78. The van der Waals surface area contributed by atoms with Crippen molar-refractivity contribution >= 4 is 38.4 Å². The summed E-state index contributed by atoms with van der Waals surface area (Å²) in [6, 6.07) is 2.41. The first-order valence-corrected chi connectivity index (χ1v) is 15.0. The predicted molar refractivity (Wildman–Crippen MR) is 147 cm³/mol. The fraction of sp³-hybridized carbons (Fsp3) is 0.593. The lowest BCUT2D eigenvalue weighted by molar-refractivity contribution is -0.134. The molecule has 212 valence electrons. The maximum Gasteiger partial charge on any atom is 0.246 e. The maximum absolute atomic E-state index is 13.8. The first-order chi connectivity index (χ1) is 18.5. The number of halogens is 1. The van der Waals surface area contributed by atoms with Gasteiger partial charge < -0.3 is 14.7 Å². The zero-order valence-electron chi connectivity index (χ0n) is 22.8. The number of benzene rings is 1. The van der Waals surface area contributed by atoms with Crippen molar-refractivity contribution in [2.75, 3.05) is 44.3 Å². The molecule has 0 bridgehead atoms. The largest absolute Gasteiger partial charge is 0.367 e. The topological polar surface area (TPSA) is 108 Å². The molecule has 39 heavy (non-hydrogen) atoms. The standard InChI is InChI=1S/C27H37FN6O4S/c1-5-25(35)33-17-20(12-19(33)15-28)34-24-14-21(39(37,38)30-27(4)6-7-27)13-23(22(24)16-29-34)31-8-10-32(11-9-31)26(36)18(2)3/h5,13-14,16,18-20,30H,1,6-12,15,17H2,2-4H3/t19-,20-/m1/s1. The number of likely N-dealkylation sites (tertiary alicyclic amines) is 1. The van der Waals surface area contributed by atoms with Gasteiger partial charge in [-0.2, -0.15) is 5.10 Å². The highest BCUT2D eigenvalue weighted by molar-refractivity contribution is 7.89. The molecule has 2 aromatic rings. The van der Waals surface area contributed by atoms with E-state index in [1.807, 2.05) is 25.7 Å². The number of carbonyl (C=O) groups is 2. The van der Waals surface area contributed by atoms with Crippen molar-refractivity contribution in [3.05, 3.63) is 31.0 Å². The van der Waals surface area contributed by atoms with E-state index in [2.05, 4.69) is 21.3 Å². The summed E-state index contributed by atoms with van der Waals surface area (Å²) in [4.78, 5) is 30.4. The third-order valence-electron chi connectivity index (χ3n) is 8.16. The number of aromatic nitrogens is 2. The van der Waals surface area contributed by atoms with Crippen LogP contribution >= 0.6 is 0 Å². The molecule has 1 aromatic carbocycles. The second-order valence-electron chi connectivity index (χ2n) is 11.5. The van der Waals surface area contributed by atoms with E-state index >= 15 is 0 Å². The smallest absolute Gasteiger partial charge is 0.246 e. The number of alkyl halides is 1. The van der Waals surface area contributed by atoms with Crippen LogP contribution < -0.4 is 9.62 Å². The lowest BCUT2D eigenvalue weighted by Crippen LogP contribution is -2.50. The molecule has 5 rings (SSSR count). The summed E-state index contributed by atoms with van der Waals surface area (Å²) < 4.78 is 45.4.